The van der Waals surface area contributed by atoms with Crippen molar-refractivity contribution in [2.45, 2.75) is 45.0 Å². The van der Waals surface area contributed by atoms with Gasteiger partial charge in [-0.05, 0) is 23.5 Å². The number of hydrogen-bond donors (Lipinski definition) is 0. The first kappa shape index (κ1) is 14.1. The molecular weight excluding hydrogens is 256 g/mol. The molecule has 0 fully saturated rings. The van der Waals surface area contributed by atoms with Crippen LogP contribution in [-0.4, -0.2) is 9.78 Å². The SMILES string of the molecule is CC(Cl)c1cnn(Cc2ccc(C(C)(C)C)cc2)c1. The van der Waals surface area contributed by atoms with Crippen molar-refractivity contribution >= 4 is 11.6 Å². The predicted octanol–water partition coefficient (Wildman–Crippen LogP) is 4.53. The Morgan fingerprint density at radius 2 is 1.84 bits per heavy atom. The molecule has 102 valence electrons. The summed E-state index contributed by atoms with van der Waals surface area (Å²) < 4.78 is 1.93. The molecule has 0 amide bonds. The average Bonchev–Trinajstić information content (AvgIpc) is 2.77. The van der Waals surface area contributed by atoms with E-state index in [1.165, 1.54) is 11.1 Å². The highest BCUT2D eigenvalue weighted by Gasteiger charge is 2.13. The number of hydrogen-bond acceptors (Lipinski definition) is 1. The fourth-order valence-corrected chi connectivity index (χ4v) is 2.08. The highest BCUT2D eigenvalue weighted by atomic mass is 35.5. The van der Waals surface area contributed by atoms with Crippen molar-refractivity contribution in [3.63, 3.8) is 0 Å². The summed E-state index contributed by atoms with van der Waals surface area (Å²) in [5.41, 5.74) is 3.87. The van der Waals surface area contributed by atoms with E-state index in [0.29, 0.717) is 0 Å². The highest BCUT2D eigenvalue weighted by molar-refractivity contribution is 6.20. The summed E-state index contributed by atoms with van der Waals surface area (Å²) in [4.78, 5) is 0. The summed E-state index contributed by atoms with van der Waals surface area (Å²) in [5, 5.41) is 4.35. The molecule has 3 heteroatoms. The van der Waals surface area contributed by atoms with E-state index in [4.69, 9.17) is 11.6 Å². The fraction of sp³-hybridized carbons (Fsp3) is 0.438. The summed E-state index contributed by atoms with van der Waals surface area (Å²) in [6, 6.07) is 8.74. The molecular formula is C16H21ClN2. The second kappa shape index (κ2) is 5.38. The van der Waals surface area contributed by atoms with Crippen LogP contribution < -0.4 is 0 Å². The maximum Gasteiger partial charge on any atom is 0.0659 e. The van der Waals surface area contributed by atoms with Gasteiger partial charge in [0, 0.05) is 11.8 Å². The van der Waals surface area contributed by atoms with E-state index >= 15 is 0 Å². The standard InChI is InChI=1S/C16H21ClN2/c1-12(17)14-9-18-19(11-14)10-13-5-7-15(8-6-13)16(2,3)4/h5-9,11-12H,10H2,1-4H3. The zero-order valence-electron chi connectivity index (χ0n) is 12.0. The molecule has 0 aliphatic rings. The van der Waals surface area contributed by atoms with Crippen LogP contribution >= 0.6 is 11.6 Å². The van der Waals surface area contributed by atoms with Crippen molar-refractivity contribution in [2.75, 3.05) is 0 Å². The molecule has 2 aromatic rings. The zero-order valence-corrected chi connectivity index (χ0v) is 12.8. The van der Waals surface area contributed by atoms with Crippen molar-refractivity contribution in [2.24, 2.45) is 0 Å². The minimum absolute atomic E-state index is 0.0111. The van der Waals surface area contributed by atoms with Gasteiger partial charge in [0.15, 0.2) is 0 Å². The minimum Gasteiger partial charge on any atom is -0.268 e. The second-order valence-corrected chi connectivity index (χ2v) is 6.69. The smallest absolute Gasteiger partial charge is 0.0659 e. The maximum absolute atomic E-state index is 6.04. The fourth-order valence-electron chi connectivity index (χ4n) is 1.97. The molecule has 1 aromatic heterocycles. The van der Waals surface area contributed by atoms with Gasteiger partial charge in [0.1, 0.15) is 0 Å². The van der Waals surface area contributed by atoms with Crippen LogP contribution in [0.3, 0.4) is 0 Å². The van der Waals surface area contributed by atoms with Crippen molar-refractivity contribution in [3.05, 3.63) is 53.3 Å². The van der Waals surface area contributed by atoms with Gasteiger partial charge in [0.25, 0.3) is 0 Å². The van der Waals surface area contributed by atoms with Gasteiger partial charge >= 0.3 is 0 Å². The van der Waals surface area contributed by atoms with Crippen molar-refractivity contribution < 1.29 is 0 Å². The largest absolute Gasteiger partial charge is 0.268 e. The maximum atomic E-state index is 6.04. The third-order valence-electron chi connectivity index (χ3n) is 3.28. The van der Waals surface area contributed by atoms with E-state index in [9.17, 15) is 0 Å². The number of halogens is 1. The van der Waals surface area contributed by atoms with Crippen LogP contribution in [0.5, 0.6) is 0 Å². The lowest BCUT2D eigenvalue weighted by Crippen LogP contribution is -2.11. The quantitative estimate of drug-likeness (QED) is 0.753. The summed E-state index contributed by atoms with van der Waals surface area (Å²) in [5.74, 6) is 0. The van der Waals surface area contributed by atoms with Gasteiger partial charge < -0.3 is 0 Å². The van der Waals surface area contributed by atoms with Crippen LogP contribution in [0.15, 0.2) is 36.7 Å². The van der Waals surface area contributed by atoms with Crippen molar-refractivity contribution in [1.82, 2.24) is 9.78 Å². The molecule has 0 aliphatic heterocycles. The number of aromatic nitrogens is 2. The van der Waals surface area contributed by atoms with E-state index in [2.05, 4.69) is 50.1 Å². The van der Waals surface area contributed by atoms with E-state index in [1.807, 2.05) is 24.0 Å². The molecule has 0 spiro atoms. The van der Waals surface area contributed by atoms with Crippen LogP contribution in [0.4, 0.5) is 0 Å². The Hall–Kier alpha value is -1.28. The molecule has 1 unspecified atom stereocenters. The zero-order chi connectivity index (χ0) is 14.0. The Labute approximate surface area is 120 Å². The monoisotopic (exact) mass is 276 g/mol. The molecule has 0 radical (unpaired) electrons. The minimum atomic E-state index is 0.0111. The molecule has 19 heavy (non-hydrogen) atoms. The summed E-state index contributed by atoms with van der Waals surface area (Å²) in [6.45, 7) is 9.42. The summed E-state index contributed by atoms with van der Waals surface area (Å²) in [7, 11) is 0. The molecule has 0 saturated heterocycles. The lowest BCUT2D eigenvalue weighted by molar-refractivity contribution is 0.589. The van der Waals surface area contributed by atoms with Crippen LogP contribution in [0.25, 0.3) is 0 Å². The third-order valence-corrected chi connectivity index (χ3v) is 3.53. The van der Waals surface area contributed by atoms with Crippen molar-refractivity contribution in [1.29, 1.82) is 0 Å². The van der Waals surface area contributed by atoms with Gasteiger partial charge in [-0.3, -0.25) is 4.68 Å². The first-order valence-electron chi connectivity index (χ1n) is 6.62. The Kier molecular flexibility index (Phi) is 4.00. The molecule has 1 heterocycles. The van der Waals surface area contributed by atoms with E-state index < -0.39 is 0 Å². The van der Waals surface area contributed by atoms with Gasteiger partial charge in [0.2, 0.25) is 0 Å². The first-order valence-corrected chi connectivity index (χ1v) is 7.06. The average molecular weight is 277 g/mol. The molecule has 1 atom stereocenters. The molecule has 2 rings (SSSR count). The molecule has 2 nitrogen and oxygen atoms in total. The molecule has 0 saturated carbocycles. The lowest BCUT2D eigenvalue weighted by atomic mass is 9.87. The Balaban J connectivity index is 2.11. The second-order valence-electron chi connectivity index (χ2n) is 6.03. The highest BCUT2D eigenvalue weighted by Crippen LogP contribution is 2.22. The van der Waals surface area contributed by atoms with E-state index in [-0.39, 0.29) is 10.8 Å². The Bertz CT molecular complexity index is 533. The number of alkyl halides is 1. The molecule has 1 aromatic carbocycles. The van der Waals surface area contributed by atoms with Crippen LogP contribution in [0, 0.1) is 0 Å². The van der Waals surface area contributed by atoms with E-state index in [0.717, 1.165) is 12.1 Å². The predicted molar refractivity (Wildman–Crippen MR) is 80.7 cm³/mol. The normalized spacial score (nSPS) is 13.5. The summed E-state index contributed by atoms with van der Waals surface area (Å²) >= 11 is 6.04. The number of rotatable bonds is 3. The van der Waals surface area contributed by atoms with Gasteiger partial charge in [0.05, 0.1) is 18.1 Å². The topological polar surface area (TPSA) is 17.8 Å². The third kappa shape index (κ3) is 3.60. The van der Waals surface area contributed by atoms with Crippen LogP contribution in [0.2, 0.25) is 0 Å². The summed E-state index contributed by atoms with van der Waals surface area (Å²) in [6.07, 6.45) is 3.84. The lowest BCUT2D eigenvalue weighted by Gasteiger charge is -2.19. The van der Waals surface area contributed by atoms with E-state index in [1.54, 1.807) is 0 Å². The molecule has 0 bridgehead atoms. The van der Waals surface area contributed by atoms with Gasteiger partial charge in [-0.1, -0.05) is 45.0 Å². The first-order chi connectivity index (χ1) is 8.86. The van der Waals surface area contributed by atoms with Crippen LogP contribution in [-0.2, 0) is 12.0 Å². The van der Waals surface area contributed by atoms with Crippen LogP contribution in [0.1, 0.15) is 49.8 Å². The Morgan fingerprint density at radius 3 is 2.32 bits per heavy atom. The number of benzene rings is 1. The Morgan fingerprint density at radius 1 is 1.21 bits per heavy atom. The van der Waals surface area contributed by atoms with Gasteiger partial charge in [-0.15, -0.1) is 11.6 Å². The molecule has 0 aliphatic carbocycles. The molecule has 0 N–H and O–H groups in total. The van der Waals surface area contributed by atoms with Crippen molar-refractivity contribution in [3.8, 4) is 0 Å². The van der Waals surface area contributed by atoms with Gasteiger partial charge in [-0.25, -0.2) is 0 Å². The number of nitrogens with zero attached hydrogens (tertiary/aromatic N) is 2. The van der Waals surface area contributed by atoms with Gasteiger partial charge in [-0.2, -0.15) is 5.10 Å².